The number of Topliss-reactive ketones (excluding diaryl/α,β-unsaturated/α-hetero) is 1. The van der Waals surface area contributed by atoms with Crippen LogP contribution >= 0.6 is 23.1 Å². The van der Waals surface area contributed by atoms with E-state index >= 15 is 0 Å². The van der Waals surface area contributed by atoms with Crippen LogP contribution in [0.5, 0.6) is 0 Å². The van der Waals surface area contributed by atoms with Crippen LogP contribution in [0.15, 0.2) is 28.6 Å². The van der Waals surface area contributed by atoms with Crippen molar-refractivity contribution in [3.8, 4) is 0 Å². The predicted molar refractivity (Wildman–Crippen MR) is 103 cm³/mol. The number of aromatic nitrogens is 2. The lowest BCUT2D eigenvalue weighted by Gasteiger charge is -2.09. The number of thioether (sulfide) groups is 1. The summed E-state index contributed by atoms with van der Waals surface area (Å²) >= 11 is 2.88. The van der Waals surface area contributed by atoms with E-state index in [-0.39, 0.29) is 16.9 Å². The monoisotopic (exact) mass is 378 g/mol. The van der Waals surface area contributed by atoms with E-state index in [9.17, 15) is 9.59 Å². The van der Waals surface area contributed by atoms with Crippen molar-refractivity contribution in [2.24, 2.45) is 0 Å². The van der Waals surface area contributed by atoms with Crippen molar-refractivity contribution in [3.05, 3.63) is 35.4 Å². The highest BCUT2D eigenvalue weighted by atomic mass is 32.2. The molecule has 8 heteroatoms. The summed E-state index contributed by atoms with van der Waals surface area (Å²) in [6.07, 6.45) is 0.746. The molecule has 0 aliphatic rings. The molecule has 2 aromatic rings. The fraction of sp³-hybridized carbons (Fsp3) is 0.412. The second-order valence-corrected chi connectivity index (χ2v) is 8.02. The van der Waals surface area contributed by atoms with Crippen LogP contribution in [0.1, 0.15) is 36.7 Å². The van der Waals surface area contributed by atoms with Gasteiger partial charge in [0.2, 0.25) is 11.0 Å². The molecule has 1 amide bonds. The molecule has 1 aromatic heterocycles. The van der Waals surface area contributed by atoms with Gasteiger partial charge in [0.15, 0.2) is 10.1 Å². The number of nitrogens with zero attached hydrogens (tertiary/aromatic N) is 2. The number of rotatable bonds is 9. The summed E-state index contributed by atoms with van der Waals surface area (Å²) < 4.78 is 0.781. The Morgan fingerprint density at radius 3 is 2.60 bits per heavy atom. The summed E-state index contributed by atoms with van der Waals surface area (Å²) in [5, 5.41) is 14.6. The molecule has 0 aliphatic heterocycles. The molecule has 0 bridgehead atoms. The number of carbonyl (C=O) groups excluding carboxylic acids is 2. The zero-order valence-electron chi connectivity index (χ0n) is 14.5. The average Bonchev–Trinajstić information content (AvgIpc) is 3.02. The van der Waals surface area contributed by atoms with E-state index in [2.05, 4.69) is 20.8 Å². The Bertz CT molecular complexity index is 716. The van der Waals surface area contributed by atoms with Crippen LogP contribution < -0.4 is 10.6 Å². The summed E-state index contributed by atoms with van der Waals surface area (Å²) in [7, 11) is 0. The molecule has 2 rings (SSSR count). The molecule has 0 radical (unpaired) electrons. The van der Waals surface area contributed by atoms with E-state index < -0.39 is 0 Å². The van der Waals surface area contributed by atoms with Crippen LogP contribution in [0.4, 0.5) is 5.13 Å². The second kappa shape index (κ2) is 9.53. The number of amides is 1. The highest BCUT2D eigenvalue weighted by Gasteiger charge is 2.18. The van der Waals surface area contributed by atoms with Gasteiger partial charge in [-0.1, -0.05) is 47.4 Å². The van der Waals surface area contributed by atoms with Gasteiger partial charge in [-0.25, -0.2) is 0 Å². The summed E-state index contributed by atoms with van der Waals surface area (Å²) in [5.41, 5.74) is 1.77. The van der Waals surface area contributed by atoms with Crippen LogP contribution in [-0.4, -0.2) is 40.2 Å². The van der Waals surface area contributed by atoms with E-state index in [0.29, 0.717) is 12.1 Å². The SMILES string of the molecule is CCNc1nnc(S[C@@H](C)C(=O)c2ccc(CCNC(C)=O)cc2)s1. The second-order valence-electron chi connectivity index (χ2n) is 5.46. The van der Waals surface area contributed by atoms with E-state index in [1.165, 1.54) is 30.0 Å². The normalized spacial score (nSPS) is 11.8. The molecule has 1 aromatic carbocycles. The van der Waals surface area contributed by atoms with Crippen molar-refractivity contribution in [2.75, 3.05) is 18.4 Å². The van der Waals surface area contributed by atoms with Crippen molar-refractivity contribution in [2.45, 2.75) is 36.8 Å². The fourth-order valence-electron chi connectivity index (χ4n) is 2.14. The Balaban J connectivity index is 1.90. The minimum absolute atomic E-state index is 0.0355. The quantitative estimate of drug-likeness (QED) is 0.515. The zero-order valence-corrected chi connectivity index (χ0v) is 16.2. The minimum Gasteiger partial charge on any atom is -0.360 e. The largest absolute Gasteiger partial charge is 0.360 e. The smallest absolute Gasteiger partial charge is 0.216 e. The summed E-state index contributed by atoms with van der Waals surface area (Å²) in [6, 6.07) is 7.54. The number of carbonyl (C=O) groups is 2. The standard InChI is InChI=1S/C17H22N4O2S2/c1-4-18-16-20-21-17(25-16)24-11(2)15(23)14-7-5-13(6-8-14)9-10-19-12(3)22/h5-8,11H,4,9-10H2,1-3H3,(H,18,20)(H,19,22)/t11-/m0/s1. The van der Waals surface area contributed by atoms with Crippen LogP contribution in [-0.2, 0) is 11.2 Å². The van der Waals surface area contributed by atoms with Gasteiger partial charge < -0.3 is 10.6 Å². The summed E-state index contributed by atoms with van der Waals surface area (Å²) in [6.45, 7) is 6.77. The first-order valence-electron chi connectivity index (χ1n) is 8.11. The number of anilines is 1. The highest BCUT2D eigenvalue weighted by molar-refractivity contribution is 8.02. The molecule has 0 saturated heterocycles. The zero-order chi connectivity index (χ0) is 18.2. The van der Waals surface area contributed by atoms with Gasteiger partial charge in [-0.3, -0.25) is 9.59 Å². The van der Waals surface area contributed by atoms with Crippen LogP contribution in [0.2, 0.25) is 0 Å². The third-order valence-corrected chi connectivity index (χ3v) is 5.47. The first-order chi connectivity index (χ1) is 12.0. The molecule has 1 heterocycles. The molecular formula is C17H22N4O2S2. The lowest BCUT2D eigenvalue weighted by atomic mass is 10.0. The Morgan fingerprint density at radius 1 is 1.24 bits per heavy atom. The third kappa shape index (κ3) is 6.13. The van der Waals surface area contributed by atoms with Gasteiger partial charge in [0.25, 0.3) is 0 Å². The van der Waals surface area contributed by atoms with Crippen molar-refractivity contribution < 1.29 is 9.59 Å². The van der Waals surface area contributed by atoms with Crippen molar-refractivity contribution in [1.82, 2.24) is 15.5 Å². The van der Waals surface area contributed by atoms with Crippen LogP contribution in [0, 0.1) is 0 Å². The first-order valence-corrected chi connectivity index (χ1v) is 9.80. The molecule has 0 aliphatic carbocycles. The maximum atomic E-state index is 12.6. The number of nitrogens with one attached hydrogen (secondary N) is 2. The number of hydrogen-bond donors (Lipinski definition) is 2. The maximum absolute atomic E-state index is 12.6. The van der Waals surface area contributed by atoms with Gasteiger partial charge in [0, 0.05) is 25.6 Å². The van der Waals surface area contributed by atoms with E-state index in [1.54, 1.807) is 0 Å². The average molecular weight is 379 g/mol. The number of benzene rings is 1. The van der Waals surface area contributed by atoms with Gasteiger partial charge in [-0.15, -0.1) is 10.2 Å². The van der Waals surface area contributed by atoms with E-state index in [0.717, 1.165) is 28.0 Å². The molecular weight excluding hydrogens is 356 g/mol. The van der Waals surface area contributed by atoms with Gasteiger partial charge in [0.1, 0.15) is 0 Å². The molecule has 0 saturated carbocycles. The van der Waals surface area contributed by atoms with Gasteiger partial charge in [0.05, 0.1) is 5.25 Å². The fourth-order valence-corrected chi connectivity index (χ4v) is 4.18. The number of ketones is 1. The van der Waals surface area contributed by atoms with Crippen molar-refractivity contribution >= 4 is 39.9 Å². The topological polar surface area (TPSA) is 84.0 Å². The third-order valence-electron chi connectivity index (χ3n) is 3.41. The van der Waals surface area contributed by atoms with E-state index in [4.69, 9.17) is 0 Å². The maximum Gasteiger partial charge on any atom is 0.216 e. The Labute approximate surface area is 155 Å². The molecule has 134 valence electrons. The van der Waals surface area contributed by atoms with Crippen LogP contribution in [0.25, 0.3) is 0 Å². The Morgan fingerprint density at radius 2 is 1.96 bits per heavy atom. The van der Waals surface area contributed by atoms with Crippen molar-refractivity contribution in [3.63, 3.8) is 0 Å². The predicted octanol–water partition coefficient (Wildman–Crippen LogP) is 3.01. The lowest BCUT2D eigenvalue weighted by molar-refractivity contribution is -0.118. The molecule has 2 N–H and O–H groups in total. The molecule has 25 heavy (non-hydrogen) atoms. The van der Waals surface area contributed by atoms with Crippen LogP contribution in [0.3, 0.4) is 0 Å². The molecule has 0 unspecified atom stereocenters. The Hall–Kier alpha value is -1.93. The van der Waals surface area contributed by atoms with Crippen molar-refractivity contribution in [1.29, 1.82) is 0 Å². The molecule has 6 nitrogen and oxygen atoms in total. The molecule has 0 fully saturated rings. The van der Waals surface area contributed by atoms with Gasteiger partial charge in [-0.2, -0.15) is 0 Å². The summed E-state index contributed by atoms with van der Waals surface area (Å²) in [4.78, 5) is 23.4. The van der Waals surface area contributed by atoms with Gasteiger partial charge >= 0.3 is 0 Å². The molecule has 0 spiro atoms. The van der Waals surface area contributed by atoms with E-state index in [1.807, 2.05) is 38.1 Å². The molecule has 1 atom stereocenters. The summed E-state index contributed by atoms with van der Waals surface area (Å²) in [5.74, 6) is 0.0326. The lowest BCUT2D eigenvalue weighted by Crippen LogP contribution is -2.22. The Kier molecular flexibility index (Phi) is 7.39. The minimum atomic E-state index is -0.229. The first kappa shape index (κ1) is 19.4. The highest BCUT2D eigenvalue weighted by Crippen LogP contribution is 2.30. The number of hydrogen-bond acceptors (Lipinski definition) is 7. The van der Waals surface area contributed by atoms with Gasteiger partial charge in [-0.05, 0) is 25.8 Å².